The first kappa shape index (κ1) is 28.8. The molecule has 0 atom stereocenters. The van der Waals surface area contributed by atoms with Crippen LogP contribution in [-0.4, -0.2) is 33.5 Å². The maximum atomic E-state index is 14.1. The summed E-state index contributed by atoms with van der Waals surface area (Å²) in [6.07, 6.45) is 8.57. The third-order valence-corrected chi connectivity index (χ3v) is 11.1. The van der Waals surface area contributed by atoms with Crippen molar-refractivity contribution in [3.8, 4) is 11.5 Å². The fourth-order valence-electron chi connectivity index (χ4n) is 7.93. The maximum Gasteiger partial charge on any atom is 0.248 e. The van der Waals surface area contributed by atoms with Crippen molar-refractivity contribution < 1.29 is 26.9 Å². The standard InChI is InChI=1S/C35H37F3N4O3/c36-25-6-7-28-27(20-25)39-31(44-28)24-2-1-3-26(19-24)42(29(43)18-22-8-10-35(37,38)11-9-22)21-33-12-15-34(16-13-33,17-14-33)32-40-30(41-45-32)23-4-5-23/h1-3,6-7,19-20,22-23H,4-5,8-18,21H2. The van der Waals surface area contributed by atoms with Gasteiger partial charge in [0.05, 0.1) is 0 Å². The molecule has 1 amide bonds. The molecular weight excluding hydrogens is 581 g/mol. The third kappa shape index (κ3) is 5.54. The summed E-state index contributed by atoms with van der Waals surface area (Å²) in [7, 11) is 0. The highest BCUT2D eigenvalue weighted by atomic mass is 19.3. The predicted molar refractivity (Wildman–Crippen MR) is 161 cm³/mol. The van der Waals surface area contributed by atoms with Crippen molar-refractivity contribution in [2.75, 3.05) is 11.4 Å². The number of carbonyl (C=O) groups is 1. The third-order valence-electron chi connectivity index (χ3n) is 11.1. The number of nitrogens with zero attached hydrogens (tertiary/aromatic N) is 4. The lowest BCUT2D eigenvalue weighted by Gasteiger charge is -2.53. The van der Waals surface area contributed by atoms with Gasteiger partial charge in [-0.15, -0.1) is 0 Å². The lowest BCUT2D eigenvalue weighted by atomic mass is 9.53. The number of hydrogen-bond acceptors (Lipinski definition) is 6. The second-order valence-electron chi connectivity index (χ2n) is 14.2. The highest BCUT2D eigenvalue weighted by Gasteiger charge is 2.53. The number of fused-ring (bicyclic) bond motifs is 4. The normalized spacial score (nSPS) is 26.4. The molecule has 0 radical (unpaired) electrons. The molecule has 0 spiro atoms. The first-order valence-electron chi connectivity index (χ1n) is 16.4. The molecule has 7 nitrogen and oxygen atoms in total. The van der Waals surface area contributed by atoms with E-state index in [4.69, 9.17) is 13.9 Å². The zero-order valence-corrected chi connectivity index (χ0v) is 25.2. The van der Waals surface area contributed by atoms with E-state index in [0.717, 1.165) is 68.8 Å². The van der Waals surface area contributed by atoms with Gasteiger partial charge in [0.25, 0.3) is 0 Å². The molecule has 2 aromatic heterocycles. The number of halogens is 3. The Kier molecular flexibility index (Phi) is 6.84. The second kappa shape index (κ2) is 10.7. The summed E-state index contributed by atoms with van der Waals surface area (Å²) >= 11 is 0. The molecule has 0 aliphatic heterocycles. The molecule has 5 aliphatic rings. The van der Waals surface area contributed by atoms with Gasteiger partial charge in [0.2, 0.25) is 23.6 Å². The predicted octanol–water partition coefficient (Wildman–Crippen LogP) is 8.74. The number of benzene rings is 2. The van der Waals surface area contributed by atoms with Gasteiger partial charge in [0.15, 0.2) is 11.4 Å². The quantitative estimate of drug-likeness (QED) is 0.196. The van der Waals surface area contributed by atoms with Crippen LogP contribution < -0.4 is 4.90 Å². The van der Waals surface area contributed by atoms with Crippen LogP contribution in [0.25, 0.3) is 22.6 Å². The van der Waals surface area contributed by atoms with Gasteiger partial charge < -0.3 is 13.8 Å². The zero-order chi connectivity index (χ0) is 30.8. The number of oxazole rings is 1. The summed E-state index contributed by atoms with van der Waals surface area (Å²) < 4.78 is 53.4. The summed E-state index contributed by atoms with van der Waals surface area (Å²) in [5, 5.41) is 4.29. The van der Waals surface area contributed by atoms with Crippen LogP contribution in [0.1, 0.15) is 101 Å². The molecule has 0 saturated heterocycles. The number of hydrogen-bond donors (Lipinski definition) is 0. The largest absolute Gasteiger partial charge is 0.436 e. The van der Waals surface area contributed by atoms with Gasteiger partial charge in [-0.05, 0) is 106 Å². The molecule has 10 heteroatoms. The molecular formula is C35H37F3N4O3. The van der Waals surface area contributed by atoms with Crippen molar-refractivity contribution in [1.82, 2.24) is 15.1 Å². The molecule has 236 valence electrons. The molecule has 45 heavy (non-hydrogen) atoms. The molecule has 2 aromatic carbocycles. The van der Waals surface area contributed by atoms with Crippen LogP contribution in [0.3, 0.4) is 0 Å². The summed E-state index contributed by atoms with van der Waals surface area (Å²) in [5.41, 5.74) is 2.18. The molecule has 0 N–H and O–H groups in total. The minimum Gasteiger partial charge on any atom is -0.436 e. The Bertz CT molecular complexity index is 1710. The smallest absolute Gasteiger partial charge is 0.248 e. The molecule has 5 aliphatic carbocycles. The Hall–Kier alpha value is -3.69. The van der Waals surface area contributed by atoms with Crippen molar-refractivity contribution in [3.63, 3.8) is 0 Å². The first-order chi connectivity index (χ1) is 21.7. The lowest BCUT2D eigenvalue weighted by molar-refractivity contribution is -0.121. The number of amides is 1. The summed E-state index contributed by atoms with van der Waals surface area (Å²) in [6.45, 7) is 0.560. The Morgan fingerprint density at radius 1 is 0.911 bits per heavy atom. The number of anilines is 1. The van der Waals surface area contributed by atoms with E-state index < -0.39 is 5.92 Å². The number of aromatic nitrogens is 3. The van der Waals surface area contributed by atoms with Gasteiger partial charge in [0, 0.05) is 54.5 Å². The van der Waals surface area contributed by atoms with Gasteiger partial charge in [-0.2, -0.15) is 4.98 Å². The summed E-state index contributed by atoms with van der Waals surface area (Å²) in [6, 6.07) is 11.8. The van der Waals surface area contributed by atoms with E-state index in [9.17, 15) is 18.0 Å². The van der Waals surface area contributed by atoms with Crippen molar-refractivity contribution in [2.24, 2.45) is 11.3 Å². The van der Waals surface area contributed by atoms with E-state index >= 15 is 0 Å². The average molecular weight is 619 g/mol. The van der Waals surface area contributed by atoms with E-state index in [-0.39, 0.29) is 47.7 Å². The molecule has 5 saturated carbocycles. The Morgan fingerprint density at radius 3 is 2.40 bits per heavy atom. The Labute approximate surface area is 259 Å². The van der Waals surface area contributed by atoms with Crippen LogP contribution in [0.2, 0.25) is 0 Å². The van der Waals surface area contributed by atoms with Crippen LogP contribution in [0.15, 0.2) is 51.4 Å². The Morgan fingerprint density at radius 2 is 1.67 bits per heavy atom. The summed E-state index contributed by atoms with van der Waals surface area (Å²) in [4.78, 5) is 25.3. The molecule has 2 heterocycles. The van der Waals surface area contributed by atoms with Crippen LogP contribution in [0.4, 0.5) is 18.9 Å². The molecule has 2 bridgehead atoms. The lowest BCUT2D eigenvalue weighted by Crippen LogP contribution is -2.51. The zero-order valence-electron chi connectivity index (χ0n) is 25.2. The Balaban J connectivity index is 1.06. The van der Waals surface area contributed by atoms with Crippen LogP contribution in [-0.2, 0) is 10.2 Å². The maximum absolute atomic E-state index is 14.1. The van der Waals surface area contributed by atoms with Crippen molar-refractivity contribution in [3.05, 3.63) is 60.0 Å². The topological polar surface area (TPSA) is 85.3 Å². The average Bonchev–Trinajstić information content (AvgIpc) is 3.61. The van der Waals surface area contributed by atoms with Gasteiger partial charge in [-0.1, -0.05) is 11.2 Å². The van der Waals surface area contributed by atoms with Crippen molar-refractivity contribution in [1.29, 1.82) is 0 Å². The van der Waals surface area contributed by atoms with Crippen LogP contribution in [0, 0.1) is 17.2 Å². The first-order valence-corrected chi connectivity index (χ1v) is 16.4. The van der Waals surface area contributed by atoms with Gasteiger partial charge >= 0.3 is 0 Å². The van der Waals surface area contributed by atoms with E-state index in [0.29, 0.717) is 47.9 Å². The van der Waals surface area contributed by atoms with Crippen molar-refractivity contribution >= 4 is 22.7 Å². The number of alkyl halides is 2. The second-order valence-corrected chi connectivity index (χ2v) is 14.2. The highest BCUT2D eigenvalue weighted by molar-refractivity contribution is 5.94. The van der Waals surface area contributed by atoms with Gasteiger partial charge in [-0.25, -0.2) is 18.2 Å². The number of rotatable bonds is 8. The van der Waals surface area contributed by atoms with E-state index in [1.54, 1.807) is 6.07 Å². The molecule has 4 aromatic rings. The number of carbonyl (C=O) groups excluding carboxylic acids is 1. The van der Waals surface area contributed by atoms with E-state index in [2.05, 4.69) is 10.1 Å². The fraction of sp³-hybridized carbons (Fsp3) is 0.543. The van der Waals surface area contributed by atoms with E-state index in [1.165, 1.54) is 12.1 Å². The SMILES string of the molecule is O=C(CC1CCC(F)(F)CC1)N(CC12CCC(c3nc(C4CC4)no3)(CC1)CC2)c1cccc(-c2nc3cc(F)ccc3o2)c1. The fourth-order valence-corrected chi connectivity index (χ4v) is 7.93. The monoisotopic (exact) mass is 618 g/mol. The molecule has 9 rings (SSSR count). The minimum absolute atomic E-state index is 0.0373. The minimum atomic E-state index is -2.64. The van der Waals surface area contributed by atoms with E-state index in [1.807, 2.05) is 29.2 Å². The van der Waals surface area contributed by atoms with Crippen LogP contribution >= 0.6 is 0 Å². The molecule has 5 fully saturated rings. The van der Waals surface area contributed by atoms with Gasteiger partial charge in [0.1, 0.15) is 11.3 Å². The van der Waals surface area contributed by atoms with Crippen molar-refractivity contribution in [2.45, 2.75) is 101 Å². The molecule has 0 unspecified atom stereocenters. The highest BCUT2D eigenvalue weighted by Crippen LogP contribution is 2.58. The van der Waals surface area contributed by atoms with Gasteiger partial charge in [-0.3, -0.25) is 4.79 Å². The van der Waals surface area contributed by atoms with Crippen LogP contribution in [0.5, 0.6) is 0 Å². The summed E-state index contributed by atoms with van der Waals surface area (Å²) in [5.74, 6) is -0.688.